The summed E-state index contributed by atoms with van der Waals surface area (Å²) in [6, 6.07) is 2.16. The summed E-state index contributed by atoms with van der Waals surface area (Å²) in [5.74, 6) is 1.65. The SMILES string of the molecule is COC(=O)c1cc(CNC(CC(C)C)CN(C)C)oc1C. The molecule has 0 fully saturated rings. The van der Waals surface area contributed by atoms with E-state index in [1.807, 2.05) is 0 Å². The molecular formula is C16H28N2O3. The number of hydrogen-bond acceptors (Lipinski definition) is 5. The van der Waals surface area contributed by atoms with Crippen molar-refractivity contribution in [3.05, 3.63) is 23.2 Å². The maximum absolute atomic E-state index is 11.6. The monoisotopic (exact) mass is 296 g/mol. The average Bonchev–Trinajstić information content (AvgIpc) is 2.75. The first-order valence-corrected chi connectivity index (χ1v) is 7.39. The van der Waals surface area contributed by atoms with Crippen LogP contribution in [0.5, 0.6) is 0 Å². The largest absolute Gasteiger partial charge is 0.465 e. The van der Waals surface area contributed by atoms with Crippen LogP contribution in [0, 0.1) is 12.8 Å². The molecule has 5 nitrogen and oxygen atoms in total. The van der Waals surface area contributed by atoms with Gasteiger partial charge in [0.15, 0.2) is 0 Å². The minimum Gasteiger partial charge on any atom is -0.465 e. The van der Waals surface area contributed by atoms with Crippen molar-refractivity contribution in [1.82, 2.24) is 10.2 Å². The van der Waals surface area contributed by atoms with E-state index in [4.69, 9.17) is 9.15 Å². The average molecular weight is 296 g/mol. The number of furan rings is 1. The van der Waals surface area contributed by atoms with E-state index in [0.717, 1.165) is 18.7 Å². The lowest BCUT2D eigenvalue weighted by atomic mass is 10.0. The van der Waals surface area contributed by atoms with Crippen LogP contribution >= 0.6 is 0 Å². The first-order valence-electron chi connectivity index (χ1n) is 7.39. The number of hydrogen-bond donors (Lipinski definition) is 1. The number of nitrogens with zero attached hydrogens (tertiary/aromatic N) is 1. The van der Waals surface area contributed by atoms with E-state index in [0.29, 0.717) is 29.8 Å². The van der Waals surface area contributed by atoms with Crippen molar-refractivity contribution in [2.24, 2.45) is 5.92 Å². The highest BCUT2D eigenvalue weighted by atomic mass is 16.5. The van der Waals surface area contributed by atoms with Crippen LogP contribution in [0.2, 0.25) is 0 Å². The highest BCUT2D eigenvalue weighted by Crippen LogP contribution is 2.16. The third-order valence-electron chi connectivity index (χ3n) is 3.28. The maximum atomic E-state index is 11.6. The number of esters is 1. The summed E-state index contributed by atoms with van der Waals surface area (Å²) >= 11 is 0. The van der Waals surface area contributed by atoms with Gasteiger partial charge in [0.05, 0.1) is 13.7 Å². The number of aryl methyl sites for hydroxylation is 1. The molecule has 1 atom stereocenters. The summed E-state index contributed by atoms with van der Waals surface area (Å²) in [6.45, 7) is 7.81. The van der Waals surface area contributed by atoms with Gasteiger partial charge in [-0.15, -0.1) is 0 Å². The van der Waals surface area contributed by atoms with Crippen LogP contribution < -0.4 is 5.32 Å². The van der Waals surface area contributed by atoms with Gasteiger partial charge < -0.3 is 19.4 Å². The number of rotatable bonds is 8. The van der Waals surface area contributed by atoms with Crippen LogP contribution in [0.3, 0.4) is 0 Å². The highest BCUT2D eigenvalue weighted by Gasteiger charge is 2.17. The van der Waals surface area contributed by atoms with E-state index < -0.39 is 0 Å². The van der Waals surface area contributed by atoms with Crippen molar-refractivity contribution >= 4 is 5.97 Å². The van der Waals surface area contributed by atoms with Gasteiger partial charge >= 0.3 is 5.97 Å². The molecule has 0 aromatic carbocycles. The zero-order valence-corrected chi connectivity index (χ0v) is 14.0. The van der Waals surface area contributed by atoms with Gasteiger partial charge in [-0.3, -0.25) is 0 Å². The molecule has 1 rings (SSSR count). The standard InChI is InChI=1S/C16H28N2O3/c1-11(2)7-13(10-18(4)5)17-9-14-8-15(12(3)21-14)16(19)20-6/h8,11,13,17H,7,9-10H2,1-6H3. The van der Waals surface area contributed by atoms with Gasteiger partial charge in [-0.2, -0.15) is 0 Å². The number of carbonyl (C=O) groups is 1. The normalized spacial score (nSPS) is 13.0. The predicted octanol–water partition coefficient (Wildman–Crippen LogP) is 2.44. The molecule has 0 saturated heterocycles. The van der Waals surface area contributed by atoms with Crippen molar-refractivity contribution in [3.8, 4) is 0 Å². The number of likely N-dealkylation sites (N-methyl/N-ethyl adjacent to an activating group) is 1. The molecule has 0 amide bonds. The third kappa shape index (κ3) is 5.89. The zero-order chi connectivity index (χ0) is 16.0. The fraction of sp³-hybridized carbons (Fsp3) is 0.688. The van der Waals surface area contributed by atoms with E-state index >= 15 is 0 Å². The van der Waals surface area contributed by atoms with Crippen LogP contribution in [-0.4, -0.2) is 44.7 Å². The first-order chi connectivity index (χ1) is 9.83. The minimum atomic E-state index is -0.352. The van der Waals surface area contributed by atoms with Crippen molar-refractivity contribution in [1.29, 1.82) is 0 Å². The summed E-state index contributed by atoms with van der Waals surface area (Å²) in [6.07, 6.45) is 1.10. The van der Waals surface area contributed by atoms with Crippen LogP contribution in [-0.2, 0) is 11.3 Å². The van der Waals surface area contributed by atoms with Crippen molar-refractivity contribution < 1.29 is 13.9 Å². The Morgan fingerprint density at radius 3 is 2.62 bits per heavy atom. The van der Waals surface area contributed by atoms with E-state index in [-0.39, 0.29) is 5.97 Å². The van der Waals surface area contributed by atoms with E-state index in [2.05, 4.69) is 38.2 Å². The Balaban J connectivity index is 2.65. The summed E-state index contributed by atoms with van der Waals surface area (Å²) in [4.78, 5) is 13.7. The Kier molecular flexibility index (Phi) is 6.92. The molecule has 1 aromatic rings. The molecule has 0 aliphatic rings. The summed E-state index contributed by atoms with van der Waals surface area (Å²) in [5.41, 5.74) is 0.502. The fourth-order valence-corrected chi connectivity index (χ4v) is 2.42. The Morgan fingerprint density at radius 1 is 1.43 bits per heavy atom. The molecule has 0 spiro atoms. The summed E-state index contributed by atoms with van der Waals surface area (Å²) in [5, 5.41) is 3.51. The van der Waals surface area contributed by atoms with Crippen molar-refractivity contribution in [2.75, 3.05) is 27.7 Å². The lowest BCUT2D eigenvalue weighted by Crippen LogP contribution is -2.38. The Labute approximate surface area is 127 Å². The van der Waals surface area contributed by atoms with Crippen molar-refractivity contribution in [2.45, 2.75) is 39.8 Å². The Hall–Kier alpha value is -1.33. The zero-order valence-electron chi connectivity index (χ0n) is 14.0. The van der Waals surface area contributed by atoms with Gasteiger partial charge in [-0.1, -0.05) is 13.8 Å². The van der Waals surface area contributed by atoms with Gasteiger partial charge in [0, 0.05) is 12.6 Å². The van der Waals surface area contributed by atoms with E-state index in [1.54, 1.807) is 13.0 Å². The predicted molar refractivity (Wildman–Crippen MR) is 83.4 cm³/mol. The van der Waals surface area contributed by atoms with Crippen molar-refractivity contribution in [3.63, 3.8) is 0 Å². The topological polar surface area (TPSA) is 54.7 Å². The lowest BCUT2D eigenvalue weighted by molar-refractivity contribution is 0.0599. The van der Waals surface area contributed by atoms with E-state index in [9.17, 15) is 4.79 Å². The Morgan fingerprint density at radius 2 is 2.10 bits per heavy atom. The molecule has 1 unspecified atom stereocenters. The smallest absolute Gasteiger partial charge is 0.341 e. The molecule has 5 heteroatoms. The lowest BCUT2D eigenvalue weighted by Gasteiger charge is -2.23. The summed E-state index contributed by atoms with van der Waals surface area (Å²) in [7, 11) is 5.52. The van der Waals surface area contributed by atoms with Gasteiger partial charge in [0.1, 0.15) is 17.1 Å². The molecule has 0 saturated carbocycles. The van der Waals surface area contributed by atoms with Gasteiger partial charge in [-0.25, -0.2) is 4.79 Å². The first kappa shape index (κ1) is 17.7. The second-order valence-electron chi connectivity index (χ2n) is 6.14. The number of methoxy groups -OCH3 is 1. The van der Waals surface area contributed by atoms with Gasteiger partial charge in [0.2, 0.25) is 0 Å². The van der Waals surface area contributed by atoms with Crippen LogP contribution in [0.15, 0.2) is 10.5 Å². The third-order valence-corrected chi connectivity index (χ3v) is 3.28. The number of nitrogens with one attached hydrogen (secondary N) is 1. The molecule has 0 aliphatic heterocycles. The molecule has 1 N–H and O–H groups in total. The molecule has 1 aromatic heterocycles. The Bertz CT molecular complexity index is 442. The van der Waals surface area contributed by atoms with Crippen LogP contribution in [0.1, 0.15) is 42.1 Å². The fourth-order valence-electron chi connectivity index (χ4n) is 2.42. The number of carbonyl (C=O) groups excluding carboxylic acids is 1. The molecule has 120 valence electrons. The molecule has 0 bridgehead atoms. The second-order valence-corrected chi connectivity index (χ2v) is 6.14. The van der Waals surface area contributed by atoms with E-state index in [1.165, 1.54) is 7.11 Å². The van der Waals surface area contributed by atoms with Crippen LogP contribution in [0.4, 0.5) is 0 Å². The van der Waals surface area contributed by atoms with Gasteiger partial charge in [0.25, 0.3) is 0 Å². The maximum Gasteiger partial charge on any atom is 0.341 e. The second kappa shape index (κ2) is 8.20. The molecule has 0 radical (unpaired) electrons. The minimum absolute atomic E-state index is 0.352. The molecule has 21 heavy (non-hydrogen) atoms. The highest BCUT2D eigenvalue weighted by molar-refractivity contribution is 5.90. The van der Waals surface area contributed by atoms with Crippen LogP contribution in [0.25, 0.3) is 0 Å². The molecule has 1 heterocycles. The molecule has 0 aliphatic carbocycles. The summed E-state index contributed by atoms with van der Waals surface area (Å²) < 4.78 is 10.4. The quantitative estimate of drug-likeness (QED) is 0.747. The molecular weight excluding hydrogens is 268 g/mol. The van der Waals surface area contributed by atoms with Gasteiger partial charge in [-0.05, 0) is 39.4 Å². The number of ether oxygens (including phenoxy) is 1.